The second-order valence-electron chi connectivity index (χ2n) is 4.35. The first-order valence-electron chi connectivity index (χ1n) is 6.17. The molecular formula is C13H22N2O. The van der Waals surface area contributed by atoms with Crippen LogP contribution in [0.3, 0.4) is 0 Å². The number of likely N-dealkylation sites (tertiary alicyclic amines) is 1. The minimum Gasteiger partial charge on any atom is -0.338 e. The number of likely N-dealkylation sites (N-methyl/N-ethyl adjacent to an activating group) is 1. The molecule has 1 rings (SSSR count). The quantitative estimate of drug-likeness (QED) is 0.544. The van der Waals surface area contributed by atoms with Gasteiger partial charge in [-0.15, -0.1) is 12.3 Å². The van der Waals surface area contributed by atoms with Crippen LogP contribution < -0.4 is 5.32 Å². The topological polar surface area (TPSA) is 32.3 Å². The predicted molar refractivity (Wildman–Crippen MR) is 66.0 cm³/mol. The standard InChI is InChI=1S/C13H22N2O/c1-3-4-5-6-9-13(16)15-10-7-8-12(15)11-14-2/h1,12,14H,4-11H2,2H3. The van der Waals surface area contributed by atoms with Crippen molar-refractivity contribution in [2.24, 2.45) is 0 Å². The van der Waals surface area contributed by atoms with Gasteiger partial charge in [-0.05, 0) is 32.7 Å². The molecule has 3 nitrogen and oxygen atoms in total. The van der Waals surface area contributed by atoms with Gasteiger partial charge in [-0.2, -0.15) is 0 Å². The minimum absolute atomic E-state index is 0.301. The Morgan fingerprint density at radius 3 is 3.06 bits per heavy atom. The van der Waals surface area contributed by atoms with Crippen LogP contribution in [0.15, 0.2) is 0 Å². The predicted octanol–water partition coefficient (Wildman–Crippen LogP) is 1.39. The number of nitrogens with zero attached hydrogens (tertiary/aromatic N) is 1. The maximum atomic E-state index is 11.9. The number of rotatable bonds is 6. The highest BCUT2D eigenvalue weighted by molar-refractivity contribution is 5.76. The molecule has 0 radical (unpaired) electrons. The Bertz CT molecular complexity index is 257. The summed E-state index contributed by atoms with van der Waals surface area (Å²) >= 11 is 0. The van der Waals surface area contributed by atoms with E-state index < -0.39 is 0 Å². The fourth-order valence-corrected chi connectivity index (χ4v) is 2.26. The highest BCUT2D eigenvalue weighted by Gasteiger charge is 2.27. The molecule has 0 aromatic heterocycles. The van der Waals surface area contributed by atoms with E-state index in [0.29, 0.717) is 18.4 Å². The van der Waals surface area contributed by atoms with Gasteiger partial charge in [0.05, 0.1) is 0 Å². The third kappa shape index (κ3) is 3.86. The number of hydrogen-bond acceptors (Lipinski definition) is 2. The molecule has 0 bridgehead atoms. The highest BCUT2D eigenvalue weighted by atomic mass is 16.2. The van der Waals surface area contributed by atoms with Gasteiger partial charge in [-0.1, -0.05) is 0 Å². The van der Waals surface area contributed by atoms with Gasteiger partial charge in [0.2, 0.25) is 5.91 Å². The highest BCUT2D eigenvalue weighted by Crippen LogP contribution is 2.18. The molecule has 1 fully saturated rings. The third-order valence-corrected chi connectivity index (χ3v) is 3.10. The Morgan fingerprint density at radius 2 is 2.38 bits per heavy atom. The fraction of sp³-hybridized carbons (Fsp3) is 0.769. The Kier molecular flexibility index (Phi) is 5.95. The van der Waals surface area contributed by atoms with Crippen LogP contribution in [0.1, 0.15) is 38.5 Å². The lowest BCUT2D eigenvalue weighted by molar-refractivity contribution is -0.132. The van der Waals surface area contributed by atoms with Gasteiger partial charge in [0.1, 0.15) is 0 Å². The van der Waals surface area contributed by atoms with E-state index in [1.807, 2.05) is 11.9 Å². The van der Waals surface area contributed by atoms with Crippen LogP contribution in [0, 0.1) is 12.3 Å². The molecule has 1 aliphatic rings. The zero-order chi connectivity index (χ0) is 11.8. The van der Waals surface area contributed by atoms with E-state index in [4.69, 9.17) is 6.42 Å². The summed E-state index contributed by atoms with van der Waals surface area (Å²) in [6.07, 6.45) is 10.8. The van der Waals surface area contributed by atoms with E-state index in [9.17, 15) is 4.79 Å². The molecule has 1 N–H and O–H groups in total. The van der Waals surface area contributed by atoms with Gasteiger partial charge in [0.25, 0.3) is 0 Å². The SMILES string of the molecule is C#CCCCCC(=O)N1CCCC1CNC. The number of hydrogen-bond donors (Lipinski definition) is 1. The molecule has 1 heterocycles. The first kappa shape index (κ1) is 13.1. The Morgan fingerprint density at radius 1 is 1.56 bits per heavy atom. The van der Waals surface area contributed by atoms with E-state index in [-0.39, 0.29) is 0 Å². The van der Waals surface area contributed by atoms with Gasteiger partial charge in [0.15, 0.2) is 0 Å². The van der Waals surface area contributed by atoms with Crippen LogP contribution >= 0.6 is 0 Å². The van der Waals surface area contributed by atoms with Crippen LogP contribution in [0.5, 0.6) is 0 Å². The van der Waals surface area contributed by atoms with Crippen molar-refractivity contribution in [2.75, 3.05) is 20.1 Å². The van der Waals surface area contributed by atoms with Crippen LogP contribution in [0.4, 0.5) is 0 Å². The van der Waals surface area contributed by atoms with Gasteiger partial charge in [-0.25, -0.2) is 0 Å². The summed E-state index contributed by atoms with van der Waals surface area (Å²) < 4.78 is 0. The maximum Gasteiger partial charge on any atom is 0.222 e. The summed E-state index contributed by atoms with van der Waals surface area (Å²) in [6, 6.07) is 0.408. The molecule has 0 spiro atoms. The van der Waals surface area contributed by atoms with Crippen molar-refractivity contribution in [2.45, 2.75) is 44.6 Å². The number of unbranched alkanes of at least 4 members (excludes halogenated alkanes) is 2. The average molecular weight is 222 g/mol. The van der Waals surface area contributed by atoms with Crippen LogP contribution in [-0.2, 0) is 4.79 Å². The van der Waals surface area contributed by atoms with Gasteiger partial charge < -0.3 is 10.2 Å². The van der Waals surface area contributed by atoms with Crippen LogP contribution in [0.2, 0.25) is 0 Å². The zero-order valence-electron chi connectivity index (χ0n) is 10.2. The van der Waals surface area contributed by atoms with E-state index in [1.54, 1.807) is 0 Å². The first-order valence-corrected chi connectivity index (χ1v) is 6.17. The number of carbonyl (C=O) groups excluding carboxylic acids is 1. The molecule has 1 atom stereocenters. The van der Waals surface area contributed by atoms with Gasteiger partial charge >= 0.3 is 0 Å². The summed E-state index contributed by atoms with van der Waals surface area (Å²) in [5.74, 6) is 2.91. The Balaban J connectivity index is 2.27. The molecular weight excluding hydrogens is 200 g/mol. The minimum atomic E-state index is 0.301. The van der Waals surface area contributed by atoms with Gasteiger partial charge in [-0.3, -0.25) is 4.79 Å². The molecule has 16 heavy (non-hydrogen) atoms. The van der Waals surface area contributed by atoms with Crippen molar-refractivity contribution in [3.8, 4) is 12.3 Å². The molecule has 3 heteroatoms. The first-order chi connectivity index (χ1) is 7.79. The summed E-state index contributed by atoms with van der Waals surface area (Å²) in [4.78, 5) is 14.0. The summed E-state index contributed by atoms with van der Waals surface area (Å²) in [7, 11) is 1.94. The lowest BCUT2D eigenvalue weighted by Gasteiger charge is -2.24. The third-order valence-electron chi connectivity index (χ3n) is 3.10. The van der Waals surface area contributed by atoms with E-state index in [2.05, 4.69) is 11.2 Å². The van der Waals surface area contributed by atoms with Crippen molar-refractivity contribution in [1.82, 2.24) is 10.2 Å². The molecule has 0 aliphatic carbocycles. The van der Waals surface area contributed by atoms with Crippen molar-refractivity contribution < 1.29 is 4.79 Å². The number of amides is 1. The largest absolute Gasteiger partial charge is 0.338 e. The van der Waals surface area contributed by atoms with Gasteiger partial charge in [0, 0.05) is 32.0 Å². The summed E-state index contributed by atoms with van der Waals surface area (Å²) in [6.45, 7) is 1.84. The average Bonchev–Trinajstić information content (AvgIpc) is 2.73. The number of carbonyl (C=O) groups is 1. The number of nitrogens with one attached hydrogen (secondary N) is 1. The second kappa shape index (κ2) is 7.29. The normalized spacial score (nSPS) is 19.8. The summed E-state index contributed by atoms with van der Waals surface area (Å²) in [5.41, 5.74) is 0. The zero-order valence-corrected chi connectivity index (χ0v) is 10.2. The Labute approximate surface area is 98.6 Å². The van der Waals surface area contributed by atoms with E-state index >= 15 is 0 Å². The number of terminal acetylenes is 1. The molecule has 1 aliphatic heterocycles. The molecule has 90 valence electrons. The van der Waals surface area contributed by atoms with Crippen molar-refractivity contribution >= 4 is 5.91 Å². The second-order valence-corrected chi connectivity index (χ2v) is 4.35. The lowest BCUT2D eigenvalue weighted by atomic mass is 10.1. The molecule has 0 saturated carbocycles. The van der Waals surface area contributed by atoms with E-state index in [0.717, 1.165) is 45.2 Å². The van der Waals surface area contributed by atoms with E-state index in [1.165, 1.54) is 0 Å². The summed E-state index contributed by atoms with van der Waals surface area (Å²) in [5, 5.41) is 3.15. The van der Waals surface area contributed by atoms with Crippen molar-refractivity contribution in [1.29, 1.82) is 0 Å². The fourth-order valence-electron chi connectivity index (χ4n) is 2.26. The van der Waals surface area contributed by atoms with Crippen LogP contribution in [0.25, 0.3) is 0 Å². The molecule has 1 saturated heterocycles. The molecule has 0 aromatic rings. The molecule has 1 unspecified atom stereocenters. The maximum absolute atomic E-state index is 11.9. The molecule has 0 aromatic carbocycles. The Hall–Kier alpha value is -1.01. The monoisotopic (exact) mass is 222 g/mol. The van der Waals surface area contributed by atoms with Crippen LogP contribution in [-0.4, -0.2) is 37.0 Å². The lowest BCUT2D eigenvalue weighted by Crippen LogP contribution is -2.40. The molecule has 1 amide bonds. The van der Waals surface area contributed by atoms with Crippen molar-refractivity contribution in [3.63, 3.8) is 0 Å². The smallest absolute Gasteiger partial charge is 0.222 e. The van der Waals surface area contributed by atoms with Crippen molar-refractivity contribution in [3.05, 3.63) is 0 Å².